The van der Waals surface area contributed by atoms with Gasteiger partial charge in [0.2, 0.25) is 0 Å². The molecule has 0 aliphatic heterocycles. The molecular weight excluding hydrogens is 332 g/mol. The lowest BCUT2D eigenvalue weighted by Crippen LogP contribution is -2.16. The molecule has 2 rings (SSSR count). The van der Waals surface area contributed by atoms with Crippen molar-refractivity contribution in [3.05, 3.63) is 46.3 Å². The van der Waals surface area contributed by atoms with E-state index >= 15 is 0 Å². The van der Waals surface area contributed by atoms with Crippen molar-refractivity contribution in [2.45, 2.75) is 20.3 Å². The Labute approximate surface area is 132 Å². The summed E-state index contributed by atoms with van der Waals surface area (Å²) in [4.78, 5) is 20.6. The molecule has 0 saturated heterocycles. The standard InChI is InChI=1S/C15H17BrN4O/c1-3-5-18-13-9-17-6-4-11(13)15(21)20-14-7-10(2)12(16)8-19-14/h4,6-9,18H,3,5H2,1-2H3,(H,19,20,21). The first-order chi connectivity index (χ1) is 10.1. The van der Waals surface area contributed by atoms with Crippen LogP contribution in [-0.4, -0.2) is 22.4 Å². The topological polar surface area (TPSA) is 66.9 Å². The van der Waals surface area contributed by atoms with Crippen LogP contribution in [0.1, 0.15) is 29.3 Å². The molecule has 2 N–H and O–H groups in total. The smallest absolute Gasteiger partial charge is 0.259 e. The lowest BCUT2D eigenvalue weighted by molar-refractivity contribution is 0.102. The van der Waals surface area contributed by atoms with Crippen LogP contribution in [0.25, 0.3) is 0 Å². The molecule has 0 spiro atoms. The van der Waals surface area contributed by atoms with Crippen LogP contribution in [0.15, 0.2) is 35.2 Å². The van der Waals surface area contributed by atoms with Crippen LogP contribution in [0.2, 0.25) is 0 Å². The van der Waals surface area contributed by atoms with Gasteiger partial charge in [-0.15, -0.1) is 0 Å². The number of nitrogens with one attached hydrogen (secondary N) is 2. The van der Waals surface area contributed by atoms with Crippen molar-refractivity contribution in [2.24, 2.45) is 0 Å². The molecule has 0 bridgehead atoms. The van der Waals surface area contributed by atoms with E-state index in [1.807, 2.05) is 13.0 Å². The van der Waals surface area contributed by atoms with Gasteiger partial charge in [-0.2, -0.15) is 0 Å². The highest BCUT2D eigenvalue weighted by Gasteiger charge is 2.12. The van der Waals surface area contributed by atoms with Gasteiger partial charge in [0, 0.05) is 23.4 Å². The van der Waals surface area contributed by atoms with Gasteiger partial charge in [-0.1, -0.05) is 6.92 Å². The molecule has 110 valence electrons. The molecule has 0 radical (unpaired) electrons. The first kappa shape index (κ1) is 15.4. The maximum Gasteiger partial charge on any atom is 0.259 e. The Bertz CT molecular complexity index is 645. The molecule has 5 nitrogen and oxygen atoms in total. The zero-order valence-electron chi connectivity index (χ0n) is 12.0. The summed E-state index contributed by atoms with van der Waals surface area (Å²) in [6.45, 7) is 4.81. The molecule has 0 saturated carbocycles. The van der Waals surface area contributed by atoms with Crippen LogP contribution in [0.3, 0.4) is 0 Å². The molecule has 0 atom stereocenters. The Morgan fingerprint density at radius 2 is 2.19 bits per heavy atom. The highest BCUT2D eigenvalue weighted by molar-refractivity contribution is 9.10. The molecule has 2 aromatic heterocycles. The fourth-order valence-corrected chi connectivity index (χ4v) is 2.00. The molecule has 2 aromatic rings. The summed E-state index contributed by atoms with van der Waals surface area (Å²) in [6, 6.07) is 3.52. The third kappa shape index (κ3) is 4.01. The number of anilines is 2. The first-order valence-electron chi connectivity index (χ1n) is 6.73. The van der Waals surface area contributed by atoms with Gasteiger partial charge in [0.15, 0.2) is 0 Å². The van der Waals surface area contributed by atoms with Crippen LogP contribution in [0.5, 0.6) is 0 Å². The summed E-state index contributed by atoms with van der Waals surface area (Å²) >= 11 is 3.39. The third-order valence-electron chi connectivity index (χ3n) is 2.92. The predicted molar refractivity (Wildman–Crippen MR) is 87.6 cm³/mol. The fourth-order valence-electron chi connectivity index (χ4n) is 1.78. The number of amides is 1. The summed E-state index contributed by atoms with van der Waals surface area (Å²) < 4.78 is 0.912. The number of halogens is 1. The number of hydrogen-bond donors (Lipinski definition) is 2. The fraction of sp³-hybridized carbons (Fsp3) is 0.267. The predicted octanol–water partition coefficient (Wildman–Crippen LogP) is 3.62. The number of nitrogens with zero attached hydrogens (tertiary/aromatic N) is 2. The zero-order chi connectivity index (χ0) is 15.2. The Balaban J connectivity index is 2.18. The molecular formula is C15H17BrN4O. The lowest BCUT2D eigenvalue weighted by Gasteiger charge is -2.11. The second-order valence-corrected chi connectivity index (χ2v) is 5.48. The number of aryl methyl sites for hydroxylation is 1. The minimum atomic E-state index is -0.203. The van der Waals surface area contributed by atoms with Crippen molar-refractivity contribution >= 4 is 33.3 Å². The molecule has 0 unspecified atom stereocenters. The van der Waals surface area contributed by atoms with Crippen molar-refractivity contribution in [2.75, 3.05) is 17.2 Å². The Morgan fingerprint density at radius 3 is 2.90 bits per heavy atom. The number of rotatable bonds is 5. The van der Waals surface area contributed by atoms with Crippen molar-refractivity contribution in [1.29, 1.82) is 0 Å². The van der Waals surface area contributed by atoms with Gasteiger partial charge in [0.25, 0.3) is 5.91 Å². The monoisotopic (exact) mass is 348 g/mol. The van der Waals surface area contributed by atoms with Gasteiger partial charge in [0.05, 0.1) is 17.4 Å². The van der Waals surface area contributed by atoms with Gasteiger partial charge in [-0.3, -0.25) is 9.78 Å². The third-order valence-corrected chi connectivity index (χ3v) is 3.75. The second-order valence-electron chi connectivity index (χ2n) is 4.62. The second kappa shape index (κ2) is 7.17. The van der Waals surface area contributed by atoms with Gasteiger partial charge >= 0.3 is 0 Å². The van der Waals surface area contributed by atoms with E-state index in [0.717, 1.165) is 28.7 Å². The largest absolute Gasteiger partial charge is 0.383 e. The molecule has 1 amide bonds. The molecule has 0 aliphatic rings. The zero-order valence-corrected chi connectivity index (χ0v) is 13.6. The van der Waals surface area contributed by atoms with Crippen molar-refractivity contribution < 1.29 is 4.79 Å². The Kier molecular flexibility index (Phi) is 5.27. The van der Waals surface area contributed by atoms with Crippen molar-refractivity contribution in [1.82, 2.24) is 9.97 Å². The van der Waals surface area contributed by atoms with Gasteiger partial charge in [0.1, 0.15) is 5.82 Å². The first-order valence-corrected chi connectivity index (χ1v) is 7.52. The van der Waals surface area contributed by atoms with E-state index < -0.39 is 0 Å². The van der Waals surface area contributed by atoms with Crippen molar-refractivity contribution in [3.63, 3.8) is 0 Å². The van der Waals surface area contributed by atoms with Crippen LogP contribution >= 0.6 is 15.9 Å². The molecule has 0 aromatic carbocycles. The SMILES string of the molecule is CCCNc1cnccc1C(=O)Nc1cc(C)c(Br)cn1. The number of aromatic nitrogens is 2. The summed E-state index contributed by atoms with van der Waals surface area (Å²) in [5.41, 5.74) is 2.30. The van der Waals surface area contributed by atoms with Crippen molar-refractivity contribution in [3.8, 4) is 0 Å². The van der Waals surface area contributed by atoms with Gasteiger partial charge in [-0.05, 0) is 47.0 Å². The van der Waals surface area contributed by atoms with E-state index in [-0.39, 0.29) is 5.91 Å². The normalized spacial score (nSPS) is 10.2. The van der Waals surface area contributed by atoms with E-state index in [2.05, 4.69) is 43.5 Å². The van der Waals surface area contributed by atoms with Crippen LogP contribution < -0.4 is 10.6 Å². The molecule has 0 aliphatic carbocycles. The van der Waals surface area contributed by atoms with Crippen LogP contribution in [0.4, 0.5) is 11.5 Å². The summed E-state index contributed by atoms with van der Waals surface area (Å²) in [5.74, 6) is 0.323. The molecule has 6 heteroatoms. The summed E-state index contributed by atoms with van der Waals surface area (Å²) in [7, 11) is 0. The van der Waals surface area contributed by atoms with E-state index in [9.17, 15) is 4.79 Å². The summed E-state index contributed by atoms with van der Waals surface area (Å²) in [6.07, 6.45) is 5.91. The minimum absolute atomic E-state index is 0.203. The summed E-state index contributed by atoms with van der Waals surface area (Å²) in [5, 5.41) is 6.00. The van der Waals surface area contributed by atoms with Crippen LogP contribution in [0, 0.1) is 6.92 Å². The number of pyridine rings is 2. The average molecular weight is 349 g/mol. The minimum Gasteiger partial charge on any atom is -0.383 e. The van der Waals surface area contributed by atoms with Crippen LogP contribution in [-0.2, 0) is 0 Å². The van der Waals surface area contributed by atoms with E-state index in [0.29, 0.717) is 11.4 Å². The number of carbonyl (C=O) groups excluding carboxylic acids is 1. The Morgan fingerprint density at radius 1 is 1.38 bits per heavy atom. The lowest BCUT2D eigenvalue weighted by atomic mass is 10.2. The molecule has 2 heterocycles. The quantitative estimate of drug-likeness (QED) is 0.865. The highest BCUT2D eigenvalue weighted by Crippen LogP contribution is 2.19. The van der Waals surface area contributed by atoms with Gasteiger partial charge < -0.3 is 10.6 Å². The van der Waals surface area contributed by atoms with E-state index in [1.54, 1.807) is 24.7 Å². The highest BCUT2D eigenvalue weighted by atomic mass is 79.9. The maximum atomic E-state index is 12.4. The maximum absolute atomic E-state index is 12.4. The number of carbonyl (C=O) groups is 1. The molecule has 21 heavy (non-hydrogen) atoms. The van der Waals surface area contributed by atoms with E-state index in [1.165, 1.54) is 0 Å². The number of hydrogen-bond acceptors (Lipinski definition) is 4. The van der Waals surface area contributed by atoms with Gasteiger partial charge in [-0.25, -0.2) is 4.98 Å². The average Bonchev–Trinajstić information content (AvgIpc) is 2.49. The Hall–Kier alpha value is -1.95. The van der Waals surface area contributed by atoms with E-state index in [4.69, 9.17) is 0 Å². The molecule has 0 fully saturated rings.